The van der Waals surface area contributed by atoms with Crippen LogP contribution in [-0.2, 0) is 12.8 Å². The van der Waals surface area contributed by atoms with E-state index in [0.29, 0.717) is 31.4 Å². The molecule has 0 saturated heterocycles. The molecule has 0 aromatic carbocycles. The van der Waals surface area contributed by atoms with Gasteiger partial charge in [0, 0.05) is 43.7 Å². The maximum atomic E-state index is 5.83. The lowest BCUT2D eigenvalue weighted by molar-refractivity contribution is 0.369. The minimum absolute atomic E-state index is 0. The number of hydrogen-bond acceptors (Lipinski definition) is 5. The topological polar surface area (TPSA) is 102 Å². The van der Waals surface area contributed by atoms with Gasteiger partial charge in [-0.25, -0.2) is 0 Å². The van der Waals surface area contributed by atoms with Crippen molar-refractivity contribution in [3.63, 3.8) is 0 Å². The molecule has 132 valence electrons. The molecule has 0 saturated carbocycles. The Morgan fingerprint density at radius 2 is 2.17 bits per heavy atom. The molecule has 0 aliphatic carbocycles. The van der Waals surface area contributed by atoms with Gasteiger partial charge in [-0.3, -0.25) is 9.98 Å². The largest absolute Gasteiger partial charge is 0.370 e. The lowest BCUT2D eigenvalue weighted by atomic mass is 10.2. The summed E-state index contributed by atoms with van der Waals surface area (Å²) in [5, 5.41) is 7.02. The van der Waals surface area contributed by atoms with Crippen LogP contribution in [0.25, 0.3) is 0 Å². The molecule has 2 aromatic rings. The average Bonchev–Trinajstić information content (AvgIpc) is 3.02. The summed E-state index contributed by atoms with van der Waals surface area (Å²) >= 11 is 0. The SMILES string of the molecule is CC(C)c1noc(CCCN=C(N)NCCc2ccccn2)n1.I. The van der Waals surface area contributed by atoms with Crippen LogP contribution in [0.15, 0.2) is 33.9 Å². The summed E-state index contributed by atoms with van der Waals surface area (Å²) in [6.45, 7) is 5.42. The predicted molar refractivity (Wildman–Crippen MR) is 105 cm³/mol. The second-order valence-electron chi connectivity index (χ2n) is 5.57. The van der Waals surface area contributed by atoms with Gasteiger partial charge < -0.3 is 15.6 Å². The predicted octanol–water partition coefficient (Wildman–Crippen LogP) is 2.29. The van der Waals surface area contributed by atoms with Gasteiger partial charge in [0.05, 0.1) is 0 Å². The fraction of sp³-hybridized carbons (Fsp3) is 0.500. The standard InChI is InChI=1S/C16H24N6O.HI/c1-12(2)15-21-14(23-22-15)7-5-10-19-16(17)20-11-8-13-6-3-4-9-18-13;/h3-4,6,9,12H,5,7-8,10-11H2,1-2H3,(H3,17,19,20);1H. The highest BCUT2D eigenvalue weighted by atomic mass is 127. The first-order valence-electron chi connectivity index (χ1n) is 7.91. The number of halogens is 1. The summed E-state index contributed by atoms with van der Waals surface area (Å²) in [4.78, 5) is 12.9. The van der Waals surface area contributed by atoms with E-state index < -0.39 is 0 Å². The molecule has 2 heterocycles. The van der Waals surface area contributed by atoms with Gasteiger partial charge in [0.2, 0.25) is 5.89 Å². The summed E-state index contributed by atoms with van der Waals surface area (Å²) in [6.07, 6.45) is 4.14. The van der Waals surface area contributed by atoms with Crippen molar-refractivity contribution in [3.05, 3.63) is 41.8 Å². The molecule has 0 atom stereocenters. The lowest BCUT2D eigenvalue weighted by Crippen LogP contribution is -2.33. The quantitative estimate of drug-likeness (QED) is 0.280. The van der Waals surface area contributed by atoms with Crippen LogP contribution < -0.4 is 11.1 Å². The second kappa shape index (κ2) is 11.0. The van der Waals surface area contributed by atoms with Crippen LogP contribution in [-0.4, -0.2) is 34.2 Å². The minimum Gasteiger partial charge on any atom is -0.370 e. The van der Waals surface area contributed by atoms with Gasteiger partial charge in [-0.2, -0.15) is 4.98 Å². The second-order valence-corrected chi connectivity index (χ2v) is 5.57. The van der Waals surface area contributed by atoms with Crippen LogP contribution in [0, 0.1) is 0 Å². The summed E-state index contributed by atoms with van der Waals surface area (Å²) in [7, 11) is 0. The van der Waals surface area contributed by atoms with Crippen molar-refractivity contribution in [3.8, 4) is 0 Å². The van der Waals surface area contributed by atoms with Crippen LogP contribution in [0.2, 0.25) is 0 Å². The van der Waals surface area contributed by atoms with Crippen molar-refractivity contribution in [2.24, 2.45) is 10.7 Å². The smallest absolute Gasteiger partial charge is 0.226 e. The third kappa shape index (κ3) is 7.24. The molecule has 3 N–H and O–H groups in total. The molecule has 0 unspecified atom stereocenters. The first-order chi connectivity index (χ1) is 11.1. The molecule has 0 fully saturated rings. The number of hydrogen-bond donors (Lipinski definition) is 2. The number of aliphatic imine (C=N–C) groups is 1. The van der Waals surface area contributed by atoms with Gasteiger partial charge >= 0.3 is 0 Å². The van der Waals surface area contributed by atoms with E-state index in [4.69, 9.17) is 10.3 Å². The Morgan fingerprint density at radius 3 is 2.83 bits per heavy atom. The number of nitrogens with zero attached hydrogens (tertiary/aromatic N) is 4. The minimum atomic E-state index is 0. The molecule has 0 aliphatic rings. The van der Waals surface area contributed by atoms with Crippen molar-refractivity contribution in [2.75, 3.05) is 13.1 Å². The number of aromatic nitrogens is 3. The molecule has 0 radical (unpaired) electrons. The highest BCUT2D eigenvalue weighted by Crippen LogP contribution is 2.10. The highest BCUT2D eigenvalue weighted by molar-refractivity contribution is 14.0. The molecule has 0 aliphatic heterocycles. The fourth-order valence-corrected chi connectivity index (χ4v) is 1.95. The van der Waals surface area contributed by atoms with Crippen LogP contribution in [0.3, 0.4) is 0 Å². The molecule has 7 nitrogen and oxygen atoms in total. The molecular formula is C16H25IN6O. The van der Waals surface area contributed by atoms with E-state index in [1.807, 2.05) is 32.0 Å². The molecule has 8 heteroatoms. The van der Waals surface area contributed by atoms with Crippen molar-refractivity contribution in [2.45, 2.75) is 39.0 Å². The Hall–Kier alpha value is -1.71. The summed E-state index contributed by atoms with van der Waals surface area (Å²) < 4.78 is 5.18. The number of pyridine rings is 1. The Morgan fingerprint density at radius 1 is 1.33 bits per heavy atom. The fourth-order valence-electron chi connectivity index (χ4n) is 1.95. The van der Waals surface area contributed by atoms with Crippen molar-refractivity contribution >= 4 is 29.9 Å². The Bertz CT molecular complexity index is 614. The maximum Gasteiger partial charge on any atom is 0.226 e. The van der Waals surface area contributed by atoms with Crippen molar-refractivity contribution in [1.29, 1.82) is 0 Å². The van der Waals surface area contributed by atoms with Gasteiger partial charge in [-0.15, -0.1) is 24.0 Å². The molecule has 0 amide bonds. The lowest BCUT2D eigenvalue weighted by Gasteiger charge is -2.05. The number of rotatable bonds is 8. The highest BCUT2D eigenvalue weighted by Gasteiger charge is 2.08. The van der Waals surface area contributed by atoms with Gasteiger partial charge in [0.1, 0.15) is 0 Å². The Kier molecular flexibility index (Phi) is 9.28. The van der Waals surface area contributed by atoms with E-state index in [9.17, 15) is 0 Å². The summed E-state index contributed by atoms with van der Waals surface area (Å²) in [5.74, 6) is 2.14. The molecule has 2 rings (SSSR count). The first-order valence-corrected chi connectivity index (χ1v) is 7.91. The van der Waals surface area contributed by atoms with Crippen molar-refractivity contribution < 1.29 is 4.52 Å². The van der Waals surface area contributed by atoms with E-state index in [1.165, 1.54) is 0 Å². The number of nitrogens with two attached hydrogens (primary N) is 1. The van der Waals surface area contributed by atoms with Crippen molar-refractivity contribution in [1.82, 2.24) is 20.4 Å². The molecule has 2 aromatic heterocycles. The molecule has 0 spiro atoms. The number of aryl methyl sites for hydroxylation is 1. The normalized spacial score (nSPS) is 11.4. The zero-order valence-electron chi connectivity index (χ0n) is 14.1. The molecule has 0 bridgehead atoms. The van der Waals surface area contributed by atoms with Crippen LogP contribution in [0.4, 0.5) is 0 Å². The third-order valence-corrected chi connectivity index (χ3v) is 3.24. The van der Waals surface area contributed by atoms with E-state index in [1.54, 1.807) is 6.20 Å². The third-order valence-electron chi connectivity index (χ3n) is 3.24. The number of guanidine groups is 1. The Balaban J connectivity index is 0.00000288. The number of nitrogens with one attached hydrogen (secondary N) is 1. The van der Waals surface area contributed by atoms with Gasteiger partial charge in [0.25, 0.3) is 0 Å². The zero-order chi connectivity index (χ0) is 16.5. The molecule has 24 heavy (non-hydrogen) atoms. The van der Waals surface area contributed by atoms with Gasteiger partial charge in [-0.05, 0) is 18.6 Å². The van der Waals surface area contributed by atoms with E-state index in [-0.39, 0.29) is 29.9 Å². The van der Waals surface area contributed by atoms with Gasteiger partial charge in [-0.1, -0.05) is 25.1 Å². The zero-order valence-corrected chi connectivity index (χ0v) is 16.4. The van der Waals surface area contributed by atoms with E-state index >= 15 is 0 Å². The maximum absolute atomic E-state index is 5.83. The first kappa shape index (κ1) is 20.3. The van der Waals surface area contributed by atoms with Gasteiger partial charge in [0.15, 0.2) is 11.8 Å². The van der Waals surface area contributed by atoms with Crippen LogP contribution >= 0.6 is 24.0 Å². The Labute approximate surface area is 159 Å². The van der Waals surface area contributed by atoms with E-state index in [0.717, 1.165) is 24.4 Å². The summed E-state index contributed by atoms with van der Waals surface area (Å²) in [5.41, 5.74) is 6.86. The monoisotopic (exact) mass is 444 g/mol. The average molecular weight is 444 g/mol. The molecular weight excluding hydrogens is 419 g/mol. The van der Waals surface area contributed by atoms with E-state index in [2.05, 4.69) is 25.4 Å². The van der Waals surface area contributed by atoms with Crippen LogP contribution in [0.1, 0.15) is 43.6 Å². The van der Waals surface area contributed by atoms with Crippen LogP contribution in [0.5, 0.6) is 0 Å². The summed E-state index contributed by atoms with van der Waals surface area (Å²) in [6, 6.07) is 5.87.